The zero-order valence-corrected chi connectivity index (χ0v) is 12.7. The second-order valence-corrected chi connectivity index (χ2v) is 6.15. The van der Waals surface area contributed by atoms with Gasteiger partial charge in [-0.05, 0) is 13.8 Å². The van der Waals surface area contributed by atoms with Gasteiger partial charge >= 0.3 is 0 Å². The molecule has 1 aliphatic heterocycles. The molecule has 2 N–H and O–H groups in total. The van der Waals surface area contributed by atoms with E-state index in [2.05, 4.69) is 21.8 Å². The first-order chi connectivity index (χ1) is 9.56. The molecule has 1 fully saturated rings. The van der Waals surface area contributed by atoms with E-state index in [0.717, 1.165) is 35.6 Å². The first-order valence-corrected chi connectivity index (χ1v) is 7.36. The SMILES string of the molecule is CCOC1(C)CN(c2cnc(OC)c3nc(N)sc23)C1. The highest BCUT2D eigenvalue weighted by molar-refractivity contribution is 7.22. The molecule has 1 aliphatic rings. The number of rotatable bonds is 4. The van der Waals surface area contributed by atoms with Crippen LogP contribution in [0, 0.1) is 0 Å². The van der Waals surface area contributed by atoms with Crippen LogP contribution in [-0.4, -0.2) is 42.4 Å². The van der Waals surface area contributed by atoms with Crippen molar-refractivity contribution in [2.45, 2.75) is 19.4 Å². The smallest absolute Gasteiger partial charge is 0.241 e. The number of aromatic nitrogens is 2. The molecule has 6 nitrogen and oxygen atoms in total. The summed E-state index contributed by atoms with van der Waals surface area (Å²) in [5.74, 6) is 0.518. The van der Waals surface area contributed by atoms with E-state index in [1.54, 1.807) is 7.11 Å². The summed E-state index contributed by atoms with van der Waals surface area (Å²) in [6, 6.07) is 0. The van der Waals surface area contributed by atoms with E-state index in [1.807, 2.05) is 13.1 Å². The van der Waals surface area contributed by atoms with Crippen molar-refractivity contribution in [3.8, 4) is 5.88 Å². The molecule has 3 heterocycles. The number of pyridine rings is 1. The van der Waals surface area contributed by atoms with Crippen molar-refractivity contribution < 1.29 is 9.47 Å². The molecule has 0 amide bonds. The van der Waals surface area contributed by atoms with Gasteiger partial charge in [-0.25, -0.2) is 9.97 Å². The lowest BCUT2D eigenvalue weighted by atomic mass is 9.96. The average molecular weight is 294 g/mol. The summed E-state index contributed by atoms with van der Waals surface area (Å²) >= 11 is 1.46. The molecular formula is C13H18N4O2S. The number of nitrogen functional groups attached to an aromatic ring is 1. The molecule has 2 aromatic rings. The van der Waals surface area contributed by atoms with E-state index in [9.17, 15) is 0 Å². The summed E-state index contributed by atoms with van der Waals surface area (Å²) in [7, 11) is 1.59. The molecule has 3 rings (SSSR count). The van der Waals surface area contributed by atoms with E-state index in [4.69, 9.17) is 15.2 Å². The monoisotopic (exact) mass is 294 g/mol. The van der Waals surface area contributed by atoms with Crippen molar-refractivity contribution in [3.63, 3.8) is 0 Å². The summed E-state index contributed by atoms with van der Waals surface area (Å²) < 4.78 is 12.0. The third-order valence-electron chi connectivity index (χ3n) is 3.46. The van der Waals surface area contributed by atoms with E-state index in [0.29, 0.717) is 11.0 Å². The first kappa shape index (κ1) is 13.4. The van der Waals surface area contributed by atoms with Crippen LogP contribution in [-0.2, 0) is 4.74 Å². The zero-order chi connectivity index (χ0) is 14.3. The fraction of sp³-hybridized carbons (Fsp3) is 0.538. The topological polar surface area (TPSA) is 73.5 Å². The van der Waals surface area contributed by atoms with Crippen LogP contribution in [0.4, 0.5) is 10.8 Å². The van der Waals surface area contributed by atoms with Gasteiger partial charge in [-0.15, -0.1) is 0 Å². The van der Waals surface area contributed by atoms with Crippen molar-refractivity contribution >= 4 is 32.4 Å². The van der Waals surface area contributed by atoms with Gasteiger partial charge in [0.05, 0.1) is 23.7 Å². The summed E-state index contributed by atoms with van der Waals surface area (Å²) in [4.78, 5) is 10.9. The quantitative estimate of drug-likeness (QED) is 0.928. The number of anilines is 2. The molecule has 0 spiro atoms. The molecule has 7 heteroatoms. The minimum absolute atomic E-state index is 0.0722. The molecule has 0 saturated carbocycles. The summed E-state index contributed by atoms with van der Waals surface area (Å²) in [6.07, 6.45) is 1.82. The highest BCUT2D eigenvalue weighted by Crippen LogP contribution is 2.40. The van der Waals surface area contributed by atoms with E-state index < -0.39 is 0 Å². The molecular weight excluding hydrogens is 276 g/mol. The summed E-state index contributed by atoms with van der Waals surface area (Å²) in [5.41, 5.74) is 7.53. The number of thiazole rings is 1. The highest BCUT2D eigenvalue weighted by Gasteiger charge is 2.40. The molecule has 0 unspecified atom stereocenters. The molecule has 0 radical (unpaired) electrons. The van der Waals surface area contributed by atoms with Crippen LogP contribution in [0.2, 0.25) is 0 Å². The van der Waals surface area contributed by atoms with E-state index >= 15 is 0 Å². The molecule has 2 aromatic heterocycles. The van der Waals surface area contributed by atoms with Gasteiger partial charge in [-0.1, -0.05) is 11.3 Å². The molecule has 108 valence electrons. The first-order valence-electron chi connectivity index (χ1n) is 6.54. The minimum Gasteiger partial charge on any atom is -0.479 e. The normalized spacial score (nSPS) is 17.2. The predicted octanol–water partition coefficient (Wildman–Crippen LogP) is 1.90. The Labute approximate surface area is 121 Å². The van der Waals surface area contributed by atoms with Crippen LogP contribution in [0.3, 0.4) is 0 Å². The van der Waals surface area contributed by atoms with Crippen molar-refractivity contribution in [2.24, 2.45) is 0 Å². The molecule has 0 aliphatic carbocycles. The number of ether oxygens (including phenoxy) is 2. The Morgan fingerprint density at radius 1 is 1.50 bits per heavy atom. The lowest BCUT2D eigenvalue weighted by Gasteiger charge is -2.48. The largest absolute Gasteiger partial charge is 0.479 e. The van der Waals surface area contributed by atoms with Crippen LogP contribution < -0.4 is 15.4 Å². The van der Waals surface area contributed by atoms with Crippen molar-refractivity contribution in [2.75, 3.05) is 37.4 Å². The molecule has 20 heavy (non-hydrogen) atoms. The summed E-state index contributed by atoms with van der Waals surface area (Å²) in [5, 5.41) is 0.528. The summed E-state index contributed by atoms with van der Waals surface area (Å²) in [6.45, 7) is 6.57. The Bertz CT molecular complexity index is 637. The van der Waals surface area contributed by atoms with Gasteiger partial charge in [0.25, 0.3) is 0 Å². The third kappa shape index (κ3) is 2.06. The molecule has 0 atom stereocenters. The van der Waals surface area contributed by atoms with Gasteiger partial charge in [0.2, 0.25) is 5.88 Å². The average Bonchev–Trinajstić information content (AvgIpc) is 2.76. The zero-order valence-electron chi connectivity index (χ0n) is 11.8. The van der Waals surface area contributed by atoms with Gasteiger partial charge in [0.1, 0.15) is 11.1 Å². The van der Waals surface area contributed by atoms with E-state index in [-0.39, 0.29) is 5.60 Å². The van der Waals surface area contributed by atoms with Gasteiger partial charge in [-0.3, -0.25) is 0 Å². The Balaban J connectivity index is 1.94. The molecule has 1 saturated heterocycles. The Kier molecular flexibility index (Phi) is 3.18. The van der Waals surface area contributed by atoms with Crippen LogP contribution in [0.5, 0.6) is 5.88 Å². The standard InChI is InChI=1S/C13H18N4O2S/c1-4-19-13(2)6-17(7-13)8-5-15-11(18-3)9-10(8)20-12(14)16-9/h5H,4,6-7H2,1-3H3,(H2,14,16). The number of hydrogen-bond donors (Lipinski definition) is 1. The lowest BCUT2D eigenvalue weighted by molar-refractivity contribution is -0.0444. The Morgan fingerprint density at radius 3 is 2.90 bits per heavy atom. The van der Waals surface area contributed by atoms with Gasteiger partial charge in [0, 0.05) is 19.7 Å². The maximum Gasteiger partial charge on any atom is 0.241 e. The van der Waals surface area contributed by atoms with Crippen molar-refractivity contribution in [1.82, 2.24) is 9.97 Å². The van der Waals surface area contributed by atoms with Crippen LogP contribution in [0.15, 0.2) is 6.20 Å². The van der Waals surface area contributed by atoms with Crippen LogP contribution >= 0.6 is 11.3 Å². The number of methoxy groups -OCH3 is 1. The Hall–Kier alpha value is -1.60. The number of nitrogens with zero attached hydrogens (tertiary/aromatic N) is 3. The molecule has 0 bridgehead atoms. The van der Waals surface area contributed by atoms with Crippen molar-refractivity contribution in [3.05, 3.63) is 6.20 Å². The van der Waals surface area contributed by atoms with Crippen LogP contribution in [0.25, 0.3) is 10.2 Å². The van der Waals surface area contributed by atoms with Crippen LogP contribution in [0.1, 0.15) is 13.8 Å². The fourth-order valence-electron chi connectivity index (χ4n) is 2.64. The number of nitrogens with two attached hydrogens (primary N) is 1. The fourth-order valence-corrected chi connectivity index (χ4v) is 3.50. The maximum atomic E-state index is 5.82. The molecule has 0 aromatic carbocycles. The number of fused-ring (bicyclic) bond motifs is 1. The highest BCUT2D eigenvalue weighted by atomic mass is 32.1. The predicted molar refractivity (Wildman–Crippen MR) is 80.6 cm³/mol. The van der Waals surface area contributed by atoms with Gasteiger partial charge < -0.3 is 20.1 Å². The lowest BCUT2D eigenvalue weighted by Crippen LogP contribution is -2.61. The Morgan fingerprint density at radius 2 is 2.25 bits per heavy atom. The second-order valence-electron chi connectivity index (χ2n) is 5.12. The van der Waals surface area contributed by atoms with E-state index in [1.165, 1.54) is 11.3 Å². The minimum atomic E-state index is -0.0722. The van der Waals surface area contributed by atoms with Crippen molar-refractivity contribution in [1.29, 1.82) is 0 Å². The number of hydrogen-bond acceptors (Lipinski definition) is 7. The van der Waals surface area contributed by atoms with Gasteiger partial charge in [-0.2, -0.15) is 0 Å². The van der Waals surface area contributed by atoms with Gasteiger partial charge in [0.15, 0.2) is 5.13 Å². The third-order valence-corrected chi connectivity index (χ3v) is 4.37. The second kappa shape index (κ2) is 4.75. The maximum absolute atomic E-state index is 5.82.